The van der Waals surface area contributed by atoms with E-state index in [-0.39, 0.29) is 0 Å². The van der Waals surface area contributed by atoms with Gasteiger partial charge in [-0.05, 0) is 23.8 Å². The summed E-state index contributed by atoms with van der Waals surface area (Å²) in [5.41, 5.74) is 1.83. The lowest BCUT2D eigenvalue weighted by Crippen LogP contribution is -2.21. The molecule has 2 rings (SSSR count). The number of aromatic nitrogens is 1. The van der Waals surface area contributed by atoms with Gasteiger partial charge in [0.1, 0.15) is 0 Å². The minimum atomic E-state index is -0.565. The van der Waals surface area contributed by atoms with Crippen molar-refractivity contribution in [2.45, 2.75) is 12.6 Å². The molecule has 1 atom stereocenters. The van der Waals surface area contributed by atoms with Crippen molar-refractivity contribution in [2.24, 2.45) is 0 Å². The van der Waals surface area contributed by atoms with E-state index in [1.165, 1.54) is 0 Å². The van der Waals surface area contributed by atoms with Gasteiger partial charge >= 0.3 is 0 Å². The van der Waals surface area contributed by atoms with E-state index in [0.717, 1.165) is 11.1 Å². The number of aliphatic hydroxyl groups is 1. The minimum Gasteiger partial charge on any atom is -0.493 e. The van der Waals surface area contributed by atoms with Crippen LogP contribution in [0.5, 0.6) is 11.5 Å². The highest BCUT2D eigenvalue weighted by molar-refractivity contribution is 5.46. The van der Waals surface area contributed by atoms with Crippen LogP contribution in [0.25, 0.3) is 0 Å². The van der Waals surface area contributed by atoms with Crippen molar-refractivity contribution < 1.29 is 14.6 Å². The number of benzene rings is 1. The number of pyridine rings is 1. The Morgan fingerprint density at radius 2 is 1.90 bits per heavy atom. The second kappa shape index (κ2) is 7.61. The van der Waals surface area contributed by atoms with Gasteiger partial charge < -0.3 is 19.9 Å². The zero-order valence-corrected chi connectivity index (χ0v) is 12.2. The van der Waals surface area contributed by atoms with Gasteiger partial charge in [0.15, 0.2) is 11.5 Å². The topological polar surface area (TPSA) is 63.6 Å². The molecule has 0 saturated carbocycles. The number of hydrogen-bond acceptors (Lipinski definition) is 5. The number of aliphatic hydroxyl groups excluding tert-OH is 1. The van der Waals surface area contributed by atoms with Gasteiger partial charge in [-0.3, -0.25) is 4.98 Å². The summed E-state index contributed by atoms with van der Waals surface area (Å²) in [6, 6.07) is 9.34. The number of methoxy groups -OCH3 is 2. The highest BCUT2D eigenvalue weighted by Gasteiger charge is 2.10. The highest BCUT2D eigenvalue weighted by atomic mass is 16.5. The van der Waals surface area contributed by atoms with Gasteiger partial charge in [-0.2, -0.15) is 0 Å². The predicted octanol–water partition coefficient (Wildman–Crippen LogP) is 1.92. The van der Waals surface area contributed by atoms with Crippen LogP contribution in [0.4, 0.5) is 0 Å². The first-order valence-electron chi connectivity index (χ1n) is 6.74. The molecular weight excluding hydrogens is 268 g/mol. The molecule has 1 aromatic carbocycles. The molecule has 1 aromatic heterocycles. The summed E-state index contributed by atoms with van der Waals surface area (Å²) in [6.07, 6.45) is 2.78. The van der Waals surface area contributed by atoms with Crippen LogP contribution in [-0.2, 0) is 6.54 Å². The molecule has 0 spiro atoms. The maximum atomic E-state index is 10.1. The monoisotopic (exact) mass is 288 g/mol. The smallest absolute Gasteiger partial charge is 0.165 e. The normalized spacial score (nSPS) is 12.0. The van der Waals surface area contributed by atoms with Gasteiger partial charge in [0.05, 0.1) is 20.3 Å². The second-order valence-corrected chi connectivity index (χ2v) is 4.58. The van der Waals surface area contributed by atoms with Crippen LogP contribution in [0.2, 0.25) is 0 Å². The molecule has 5 nitrogen and oxygen atoms in total. The molecule has 0 bridgehead atoms. The van der Waals surface area contributed by atoms with Crippen LogP contribution < -0.4 is 14.8 Å². The van der Waals surface area contributed by atoms with Crippen molar-refractivity contribution >= 4 is 0 Å². The van der Waals surface area contributed by atoms with Crippen molar-refractivity contribution in [2.75, 3.05) is 20.8 Å². The van der Waals surface area contributed by atoms with Gasteiger partial charge in [-0.15, -0.1) is 0 Å². The Morgan fingerprint density at radius 1 is 1.14 bits per heavy atom. The van der Waals surface area contributed by atoms with Gasteiger partial charge in [-0.25, -0.2) is 0 Å². The standard InChI is InChI=1S/C16H20N2O3/c1-20-15-5-3-4-13(16(15)21-2)10-18-11-14(19)12-6-8-17-9-7-12/h3-9,14,18-19H,10-11H2,1-2H3. The third-order valence-corrected chi connectivity index (χ3v) is 3.23. The third kappa shape index (κ3) is 3.93. The van der Waals surface area contributed by atoms with Crippen molar-refractivity contribution in [3.8, 4) is 11.5 Å². The lowest BCUT2D eigenvalue weighted by molar-refractivity contribution is 0.174. The molecule has 0 amide bonds. The molecule has 1 unspecified atom stereocenters. The minimum absolute atomic E-state index is 0.449. The fourth-order valence-electron chi connectivity index (χ4n) is 2.14. The van der Waals surface area contributed by atoms with Crippen LogP contribution in [0.3, 0.4) is 0 Å². The Kier molecular flexibility index (Phi) is 5.54. The molecule has 2 N–H and O–H groups in total. The number of rotatable bonds is 7. The van der Waals surface area contributed by atoms with Crippen molar-refractivity contribution in [1.82, 2.24) is 10.3 Å². The molecule has 21 heavy (non-hydrogen) atoms. The fourth-order valence-corrected chi connectivity index (χ4v) is 2.14. The number of para-hydroxylation sites is 1. The van der Waals surface area contributed by atoms with E-state index in [0.29, 0.717) is 24.6 Å². The zero-order valence-electron chi connectivity index (χ0n) is 12.2. The Labute approximate surface area is 124 Å². The van der Waals surface area contributed by atoms with E-state index in [1.54, 1.807) is 38.7 Å². The average molecular weight is 288 g/mol. The maximum Gasteiger partial charge on any atom is 0.165 e. The van der Waals surface area contributed by atoms with Crippen molar-refractivity contribution in [3.05, 3.63) is 53.9 Å². The first kappa shape index (κ1) is 15.3. The van der Waals surface area contributed by atoms with E-state index >= 15 is 0 Å². The van der Waals surface area contributed by atoms with Gasteiger partial charge in [0, 0.05) is 31.0 Å². The average Bonchev–Trinajstić information content (AvgIpc) is 2.55. The summed E-state index contributed by atoms with van der Waals surface area (Å²) < 4.78 is 10.6. The molecule has 2 aromatic rings. The quantitative estimate of drug-likeness (QED) is 0.815. The first-order chi connectivity index (χ1) is 10.3. The lowest BCUT2D eigenvalue weighted by atomic mass is 10.1. The van der Waals surface area contributed by atoms with Crippen LogP contribution in [0.1, 0.15) is 17.2 Å². The maximum absolute atomic E-state index is 10.1. The zero-order chi connectivity index (χ0) is 15.1. The van der Waals surface area contributed by atoms with E-state index in [9.17, 15) is 5.11 Å². The third-order valence-electron chi connectivity index (χ3n) is 3.23. The Bertz CT molecular complexity index is 561. The van der Waals surface area contributed by atoms with Crippen molar-refractivity contribution in [3.63, 3.8) is 0 Å². The SMILES string of the molecule is COc1cccc(CNCC(O)c2ccncc2)c1OC. The Morgan fingerprint density at radius 3 is 2.57 bits per heavy atom. The van der Waals surface area contributed by atoms with E-state index in [1.807, 2.05) is 18.2 Å². The van der Waals surface area contributed by atoms with E-state index in [4.69, 9.17) is 9.47 Å². The number of hydrogen-bond donors (Lipinski definition) is 2. The Balaban J connectivity index is 1.95. The molecule has 1 heterocycles. The number of nitrogens with one attached hydrogen (secondary N) is 1. The predicted molar refractivity (Wildman–Crippen MR) is 80.4 cm³/mol. The summed E-state index contributed by atoms with van der Waals surface area (Å²) in [5.74, 6) is 1.41. The highest BCUT2D eigenvalue weighted by Crippen LogP contribution is 2.30. The van der Waals surface area contributed by atoms with Gasteiger partial charge in [-0.1, -0.05) is 12.1 Å². The summed E-state index contributed by atoms with van der Waals surface area (Å²) in [7, 11) is 3.23. The summed E-state index contributed by atoms with van der Waals surface area (Å²) in [6.45, 7) is 1.03. The molecule has 5 heteroatoms. The summed E-state index contributed by atoms with van der Waals surface area (Å²) >= 11 is 0. The second-order valence-electron chi connectivity index (χ2n) is 4.58. The summed E-state index contributed by atoms with van der Waals surface area (Å²) in [4.78, 5) is 3.94. The van der Waals surface area contributed by atoms with E-state index in [2.05, 4.69) is 10.3 Å². The van der Waals surface area contributed by atoms with Crippen LogP contribution >= 0.6 is 0 Å². The fraction of sp³-hybridized carbons (Fsp3) is 0.312. The lowest BCUT2D eigenvalue weighted by Gasteiger charge is -2.15. The first-order valence-corrected chi connectivity index (χ1v) is 6.74. The van der Waals surface area contributed by atoms with Crippen LogP contribution in [0.15, 0.2) is 42.7 Å². The van der Waals surface area contributed by atoms with E-state index < -0.39 is 6.10 Å². The Hall–Kier alpha value is -2.11. The molecule has 0 aliphatic heterocycles. The number of ether oxygens (including phenoxy) is 2. The van der Waals surface area contributed by atoms with Crippen molar-refractivity contribution in [1.29, 1.82) is 0 Å². The molecule has 0 aliphatic rings. The summed E-state index contributed by atoms with van der Waals surface area (Å²) in [5, 5.41) is 13.3. The molecular formula is C16H20N2O3. The largest absolute Gasteiger partial charge is 0.493 e. The molecule has 0 radical (unpaired) electrons. The van der Waals surface area contributed by atoms with Crippen LogP contribution in [-0.4, -0.2) is 30.9 Å². The molecule has 112 valence electrons. The molecule has 0 fully saturated rings. The molecule has 0 aliphatic carbocycles. The van der Waals surface area contributed by atoms with Gasteiger partial charge in [0.2, 0.25) is 0 Å². The number of nitrogens with zero attached hydrogens (tertiary/aromatic N) is 1. The van der Waals surface area contributed by atoms with Crippen LogP contribution in [0, 0.1) is 0 Å². The molecule has 0 saturated heterocycles. The van der Waals surface area contributed by atoms with Gasteiger partial charge in [0.25, 0.3) is 0 Å².